The maximum Gasteiger partial charge on any atom is 0.328 e. The van der Waals surface area contributed by atoms with Crippen molar-refractivity contribution < 1.29 is 19.1 Å². The van der Waals surface area contributed by atoms with Crippen LogP contribution in [0, 0.1) is 5.92 Å². The molecule has 0 spiro atoms. The van der Waals surface area contributed by atoms with Gasteiger partial charge in [-0.2, -0.15) is 0 Å². The number of esters is 1. The minimum atomic E-state index is -0.691. The second-order valence-electron chi connectivity index (χ2n) is 5.76. The monoisotopic (exact) mass is 329 g/mol. The standard InChI is InChI=1S/C19H23NO4/c1-5-12(2)17(19(22)24-4)20-18(21)15-10-13-8-6-7-9-14(13)11-16(15)23-3/h6-12,17H,5H2,1-4H3,(H,20,21)/t12-,17-/m0/s1. The first-order valence-corrected chi connectivity index (χ1v) is 7.97. The second kappa shape index (κ2) is 7.81. The largest absolute Gasteiger partial charge is 0.496 e. The highest BCUT2D eigenvalue weighted by Gasteiger charge is 2.28. The summed E-state index contributed by atoms with van der Waals surface area (Å²) in [6, 6.07) is 10.6. The Kier molecular flexibility index (Phi) is 5.79. The third-order valence-corrected chi connectivity index (χ3v) is 4.27. The number of hydrogen-bond donors (Lipinski definition) is 1. The fraction of sp³-hybridized carbons (Fsp3) is 0.368. The Hall–Kier alpha value is -2.56. The van der Waals surface area contributed by atoms with Crippen LogP contribution < -0.4 is 10.1 Å². The Morgan fingerprint density at radius 2 is 1.75 bits per heavy atom. The fourth-order valence-electron chi connectivity index (χ4n) is 2.58. The molecule has 0 heterocycles. The summed E-state index contributed by atoms with van der Waals surface area (Å²) in [7, 11) is 2.84. The summed E-state index contributed by atoms with van der Waals surface area (Å²) in [5.41, 5.74) is 0.397. The van der Waals surface area contributed by atoms with Crippen LogP contribution in [0.15, 0.2) is 36.4 Å². The van der Waals surface area contributed by atoms with Gasteiger partial charge in [-0.3, -0.25) is 4.79 Å². The third-order valence-electron chi connectivity index (χ3n) is 4.27. The van der Waals surface area contributed by atoms with Gasteiger partial charge in [-0.15, -0.1) is 0 Å². The van der Waals surface area contributed by atoms with Crippen molar-refractivity contribution in [2.45, 2.75) is 26.3 Å². The molecule has 0 aliphatic carbocycles. The first kappa shape index (κ1) is 17.8. The minimum Gasteiger partial charge on any atom is -0.496 e. The van der Waals surface area contributed by atoms with Crippen molar-refractivity contribution in [2.75, 3.05) is 14.2 Å². The summed E-state index contributed by atoms with van der Waals surface area (Å²) in [4.78, 5) is 24.7. The van der Waals surface area contributed by atoms with E-state index >= 15 is 0 Å². The topological polar surface area (TPSA) is 64.6 Å². The van der Waals surface area contributed by atoms with Crippen molar-refractivity contribution in [2.24, 2.45) is 5.92 Å². The summed E-state index contributed by atoms with van der Waals surface area (Å²) < 4.78 is 10.2. The Morgan fingerprint density at radius 1 is 1.12 bits per heavy atom. The van der Waals surface area contributed by atoms with Gasteiger partial charge in [-0.05, 0) is 28.8 Å². The Balaban J connectivity index is 2.37. The summed E-state index contributed by atoms with van der Waals surface area (Å²) >= 11 is 0. The van der Waals surface area contributed by atoms with Gasteiger partial charge in [0, 0.05) is 0 Å². The molecule has 0 bridgehead atoms. The van der Waals surface area contributed by atoms with Crippen LogP contribution in [0.2, 0.25) is 0 Å². The second-order valence-corrected chi connectivity index (χ2v) is 5.76. The highest BCUT2D eigenvalue weighted by Crippen LogP contribution is 2.26. The number of ether oxygens (including phenoxy) is 2. The molecule has 2 atom stereocenters. The first-order valence-electron chi connectivity index (χ1n) is 7.97. The number of nitrogens with one attached hydrogen (secondary N) is 1. The van der Waals surface area contributed by atoms with E-state index in [2.05, 4.69) is 5.32 Å². The molecule has 0 saturated heterocycles. The smallest absolute Gasteiger partial charge is 0.328 e. The molecule has 0 fully saturated rings. The molecular formula is C19H23NO4. The molecule has 5 nitrogen and oxygen atoms in total. The van der Waals surface area contributed by atoms with Gasteiger partial charge in [0.25, 0.3) is 5.91 Å². The van der Waals surface area contributed by atoms with Crippen LogP contribution in [0.3, 0.4) is 0 Å². The number of methoxy groups -OCH3 is 2. The van der Waals surface area contributed by atoms with Crippen LogP contribution >= 0.6 is 0 Å². The van der Waals surface area contributed by atoms with E-state index < -0.39 is 12.0 Å². The third kappa shape index (κ3) is 3.67. The van der Waals surface area contributed by atoms with Crippen LogP contribution in [0.4, 0.5) is 0 Å². The molecule has 0 radical (unpaired) electrons. The van der Waals surface area contributed by atoms with E-state index in [0.717, 1.165) is 17.2 Å². The lowest BCUT2D eigenvalue weighted by Gasteiger charge is -2.22. The lowest BCUT2D eigenvalue weighted by atomic mass is 9.98. The number of benzene rings is 2. The van der Waals surface area contributed by atoms with Gasteiger partial charge in [0.1, 0.15) is 11.8 Å². The van der Waals surface area contributed by atoms with E-state index in [1.54, 1.807) is 6.07 Å². The van der Waals surface area contributed by atoms with Crippen molar-refractivity contribution in [1.29, 1.82) is 0 Å². The minimum absolute atomic E-state index is 0.0344. The lowest BCUT2D eigenvalue weighted by molar-refractivity contribution is -0.144. The number of carbonyl (C=O) groups excluding carboxylic acids is 2. The van der Waals surface area contributed by atoms with Crippen molar-refractivity contribution >= 4 is 22.6 Å². The highest BCUT2D eigenvalue weighted by atomic mass is 16.5. The zero-order valence-electron chi connectivity index (χ0n) is 14.5. The van der Waals surface area contributed by atoms with Crippen molar-refractivity contribution in [3.63, 3.8) is 0 Å². The predicted molar refractivity (Wildman–Crippen MR) is 93.2 cm³/mol. The molecule has 128 valence electrons. The number of amides is 1. The first-order chi connectivity index (χ1) is 11.5. The summed E-state index contributed by atoms with van der Waals surface area (Å²) in [5.74, 6) is -0.363. The van der Waals surface area contributed by atoms with Crippen molar-refractivity contribution in [3.8, 4) is 5.75 Å². The zero-order chi connectivity index (χ0) is 17.7. The van der Waals surface area contributed by atoms with Crippen LogP contribution in [-0.4, -0.2) is 32.1 Å². The quantitative estimate of drug-likeness (QED) is 0.827. The molecule has 2 aromatic rings. The van der Waals surface area contributed by atoms with Gasteiger partial charge in [-0.1, -0.05) is 44.5 Å². The average Bonchev–Trinajstić information content (AvgIpc) is 2.63. The van der Waals surface area contributed by atoms with Gasteiger partial charge in [0.15, 0.2) is 0 Å². The average molecular weight is 329 g/mol. The predicted octanol–water partition coefficient (Wildman–Crippen LogP) is 3.17. The molecule has 0 saturated carbocycles. The summed E-state index contributed by atoms with van der Waals surface area (Å²) in [6.07, 6.45) is 0.745. The van der Waals surface area contributed by atoms with Crippen LogP contribution in [0.5, 0.6) is 5.75 Å². The highest BCUT2D eigenvalue weighted by molar-refractivity contribution is 6.03. The van der Waals surface area contributed by atoms with E-state index in [0.29, 0.717) is 11.3 Å². The Morgan fingerprint density at radius 3 is 2.29 bits per heavy atom. The number of carbonyl (C=O) groups is 2. The maximum atomic E-state index is 12.7. The Labute approximate surface area is 141 Å². The maximum absolute atomic E-state index is 12.7. The van der Waals surface area contributed by atoms with Gasteiger partial charge in [0.2, 0.25) is 0 Å². The van der Waals surface area contributed by atoms with Gasteiger partial charge >= 0.3 is 5.97 Å². The molecule has 24 heavy (non-hydrogen) atoms. The fourth-order valence-corrected chi connectivity index (χ4v) is 2.58. The molecule has 5 heteroatoms. The molecule has 0 unspecified atom stereocenters. The number of rotatable bonds is 6. The Bertz CT molecular complexity index is 741. The van der Waals surface area contributed by atoms with E-state index in [-0.39, 0.29) is 11.8 Å². The zero-order valence-corrected chi connectivity index (χ0v) is 14.5. The molecule has 2 aromatic carbocycles. The van der Waals surface area contributed by atoms with Crippen molar-refractivity contribution in [1.82, 2.24) is 5.32 Å². The van der Waals surface area contributed by atoms with Crippen molar-refractivity contribution in [3.05, 3.63) is 42.0 Å². The van der Waals surface area contributed by atoms with Gasteiger partial charge in [0.05, 0.1) is 19.8 Å². The lowest BCUT2D eigenvalue weighted by Crippen LogP contribution is -2.45. The molecule has 1 amide bonds. The van der Waals surface area contributed by atoms with E-state index in [9.17, 15) is 9.59 Å². The summed E-state index contributed by atoms with van der Waals surface area (Å²) in [5, 5.41) is 4.70. The molecular weight excluding hydrogens is 306 g/mol. The number of fused-ring (bicyclic) bond motifs is 1. The van der Waals surface area contributed by atoms with Gasteiger partial charge in [-0.25, -0.2) is 4.79 Å². The molecule has 2 rings (SSSR count). The molecule has 0 aromatic heterocycles. The SMILES string of the molecule is CC[C@H](C)[C@H](NC(=O)c1cc2ccccc2cc1OC)C(=O)OC. The molecule has 0 aliphatic rings. The van der Waals surface area contributed by atoms with Crippen LogP contribution in [0.1, 0.15) is 30.6 Å². The van der Waals surface area contributed by atoms with E-state index in [4.69, 9.17) is 9.47 Å². The van der Waals surface area contributed by atoms with Crippen LogP contribution in [0.25, 0.3) is 10.8 Å². The summed E-state index contributed by atoms with van der Waals surface area (Å²) in [6.45, 7) is 3.86. The van der Waals surface area contributed by atoms with Gasteiger partial charge < -0.3 is 14.8 Å². The molecule has 0 aliphatic heterocycles. The van der Waals surface area contributed by atoms with E-state index in [1.165, 1.54) is 14.2 Å². The molecule has 1 N–H and O–H groups in total. The normalized spacial score (nSPS) is 13.2. The number of hydrogen-bond acceptors (Lipinski definition) is 4. The van der Waals surface area contributed by atoms with Crippen LogP contribution in [-0.2, 0) is 9.53 Å². The van der Waals surface area contributed by atoms with E-state index in [1.807, 2.05) is 44.2 Å².